The number of urea groups is 1. The van der Waals surface area contributed by atoms with Gasteiger partial charge >= 0.3 is 6.03 Å². The van der Waals surface area contributed by atoms with Crippen LogP contribution >= 0.6 is 11.6 Å². The van der Waals surface area contributed by atoms with E-state index in [2.05, 4.69) is 16.0 Å². The number of hydrogen-bond donors (Lipinski definition) is 3. The summed E-state index contributed by atoms with van der Waals surface area (Å²) in [7, 11) is 1.30. The summed E-state index contributed by atoms with van der Waals surface area (Å²) in [5.41, 5.74) is 1.01. The van der Waals surface area contributed by atoms with Crippen molar-refractivity contribution in [1.82, 2.24) is 16.0 Å². The summed E-state index contributed by atoms with van der Waals surface area (Å²) < 4.78 is 34.0. The largest absolute Gasteiger partial charge is 0.497 e. The molecule has 1 saturated heterocycles. The highest BCUT2D eigenvalue weighted by Crippen LogP contribution is 2.46. The Morgan fingerprint density at radius 3 is 2.48 bits per heavy atom. The fraction of sp³-hybridized carbons (Fsp3) is 0.364. The third-order valence-corrected chi connectivity index (χ3v) is 6.36. The Morgan fingerprint density at radius 1 is 1.23 bits per heavy atom. The van der Waals surface area contributed by atoms with Gasteiger partial charge in [0.1, 0.15) is 23.4 Å². The van der Waals surface area contributed by atoms with Crippen LogP contribution in [0.15, 0.2) is 30.3 Å². The van der Waals surface area contributed by atoms with E-state index in [0.29, 0.717) is 5.02 Å². The third kappa shape index (κ3) is 4.04. The lowest BCUT2D eigenvalue weighted by Gasteiger charge is -2.23. The van der Waals surface area contributed by atoms with Crippen molar-refractivity contribution in [2.45, 2.75) is 37.3 Å². The predicted octanol–water partition coefficient (Wildman–Crippen LogP) is 3.51. The number of aryl methyl sites for hydroxylation is 1. The number of carbonyl (C=O) groups excluding carboxylic acids is 2. The van der Waals surface area contributed by atoms with Gasteiger partial charge in [0, 0.05) is 35.2 Å². The molecule has 4 rings (SSSR count). The van der Waals surface area contributed by atoms with E-state index in [1.165, 1.54) is 7.11 Å². The first-order valence-electron chi connectivity index (χ1n) is 9.90. The molecule has 9 heteroatoms. The maximum Gasteiger partial charge on any atom is 0.316 e. The van der Waals surface area contributed by atoms with Gasteiger partial charge in [-0.25, -0.2) is 13.6 Å². The summed E-state index contributed by atoms with van der Waals surface area (Å²) >= 11 is 6.09. The van der Waals surface area contributed by atoms with E-state index in [1.807, 2.05) is 19.1 Å². The van der Waals surface area contributed by atoms with E-state index in [1.54, 1.807) is 6.07 Å². The minimum Gasteiger partial charge on any atom is -0.497 e. The van der Waals surface area contributed by atoms with Crippen LogP contribution in [0.25, 0.3) is 0 Å². The SMILES string of the molecule is COc1cc(F)c([C@@H]2CNC(=O)[C@H]2NC(=O)NC2(c3ccc(Cl)c(C)c3)CC2)c(F)c1. The van der Waals surface area contributed by atoms with Crippen LogP contribution in [0.4, 0.5) is 13.6 Å². The maximum atomic E-state index is 14.6. The highest BCUT2D eigenvalue weighted by molar-refractivity contribution is 6.31. The number of nitrogens with one attached hydrogen (secondary N) is 3. The Hall–Kier alpha value is -2.87. The second kappa shape index (κ2) is 8.00. The molecule has 1 aliphatic carbocycles. The Morgan fingerprint density at radius 2 is 1.90 bits per heavy atom. The minimum atomic E-state index is -1.11. The lowest BCUT2D eigenvalue weighted by atomic mass is 9.92. The summed E-state index contributed by atoms with van der Waals surface area (Å²) in [6.45, 7) is 1.89. The van der Waals surface area contributed by atoms with Gasteiger partial charge in [-0.3, -0.25) is 4.79 Å². The van der Waals surface area contributed by atoms with Crippen molar-refractivity contribution < 1.29 is 23.1 Å². The van der Waals surface area contributed by atoms with E-state index in [-0.39, 0.29) is 17.9 Å². The Bertz CT molecular complexity index is 1040. The van der Waals surface area contributed by atoms with Crippen molar-refractivity contribution in [3.05, 3.63) is 63.7 Å². The van der Waals surface area contributed by atoms with Gasteiger partial charge in [0.25, 0.3) is 0 Å². The van der Waals surface area contributed by atoms with E-state index >= 15 is 0 Å². The molecule has 2 aromatic carbocycles. The van der Waals surface area contributed by atoms with Crippen LogP contribution in [0.3, 0.4) is 0 Å². The van der Waals surface area contributed by atoms with Gasteiger partial charge in [-0.05, 0) is 37.0 Å². The van der Waals surface area contributed by atoms with E-state index in [9.17, 15) is 18.4 Å². The smallest absolute Gasteiger partial charge is 0.316 e. The van der Waals surface area contributed by atoms with Gasteiger partial charge in [-0.15, -0.1) is 0 Å². The molecule has 1 saturated carbocycles. The van der Waals surface area contributed by atoms with Gasteiger partial charge in [0.15, 0.2) is 0 Å². The Kier molecular flexibility index (Phi) is 5.51. The van der Waals surface area contributed by atoms with Crippen LogP contribution in [0.1, 0.15) is 35.4 Å². The lowest BCUT2D eigenvalue weighted by molar-refractivity contribution is -0.120. The summed E-state index contributed by atoms with van der Waals surface area (Å²) in [5, 5.41) is 8.72. The molecule has 1 heterocycles. The second-order valence-corrected chi connectivity index (χ2v) is 8.39. The number of ether oxygens (including phenoxy) is 1. The van der Waals surface area contributed by atoms with Crippen molar-refractivity contribution in [2.75, 3.05) is 13.7 Å². The van der Waals surface area contributed by atoms with E-state index in [0.717, 1.165) is 36.1 Å². The Labute approximate surface area is 183 Å². The van der Waals surface area contributed by atoms with Gasteiger partial charge in [0.2, 0.25) is 5.91 Å². The van der Waals surface area contributed by atoms with Crippen LogP contribution in [0.5, 0.6) is 5.75 Å². The topological polar surface area (TPSA) is 79.5 Å². The molecule has 0 bridgehead atoms. The van der Waals surface area contributed by atoms with Crippen molar-refractivity contribution in [3.63, 3.8) is 0 Å². The minimum absolute atomic E-state index is 0.00543. The summed E-state index contributed by atoms with van der Waals surface area (Å²) in [6.07, 6.45) is 1.48. The molecule has 2 fully saturated rings. The quantitative estimate of drug-likeness (QED) is 0.653. The van der Waals surface area contributed by atoms with Crippen molar-refractivity contribution >= 4 is 23.5 Å². The number of methoxy groups -OCH3 is 1. The molecule has 3 N–H and O–H groups in total. The average molecular weight is 450 g/mol. The number of amides is 3. The molecule has 6 nitrogen and oxygen atoms in total. The Balaban J connectivity index is 1.52. The summed E-state index contributed by atoms with van der Waals surface area (Å²) in [6, 6.07) is 5.98. The second-order valence-electron chi connectivity index (χ2n) is 7.98. The van der Waals surface area contributed by atoms with Gasteiger partial charge in [-0.2, -0.15) is 0 Å². The standard InChI is InChI=1S/C22H22ClF2N3O3/c1-11-7-12(3-4-15(11)23)22(5-6-22)28-21(30)27-19-14(10-26-20(19)29)18-16(24)8-13(31-2)9-17(18)25/h3-4,7-9,14,19H,5-6,10H2,1-2H3,(H,26,29)(H2,27,28,30)/t14-,19-/m0/s1. The number of halogens is 3. The van der Waals surface area contributed by atoms with Gasteiger partial charge in [-0.1, -0.05) is 23.7 Å². The molecule has 164 valence electrons. The number of hydrogen-bond acceptors (Lipinski definition) is 3. The van der Waals surface area contributed by atoms with Crippen molar-refractivity contribution in [3.8, 4) is 5.75 Å². The molecule has 1 aliphatic heterocycles. The molecule has 0 aromatic heterocycles. The number of benzene rings is 2. The highest BCUT2D eigenvalue weighted by atomic mass is 35.5. The molecule has 0 radical (unpaired) electrons. The van der Waals surface area contributed by atoms with Crippen LogP contribution in [0.2, 0.25) is 5.02 Å². The van der Waals surface area contributed by atoms with Crippen molar-refractivity contribution in [1.29, 1.82) is 0 Å². The number of rotatable bonds is 5. The lowest BCUT2D eigenvalue weighted by Crippen LogP contribution is -2.50. The van der Waals surface area contributed by atoms with Gasteiger partial charge < -0.3 is 20.7 Å². The maximum absolute atomic E-state index is 14.6. The normalized spacial score (nSPS) is 21.4. The molecule has 2 atom stereocenters. The van der Waals surface area contributed by atoms with Crippen LogP contribution < -0.4 is 20.7 Å². The monoisotopic (exact) mass is 449 g/mol. The zero-order chi connectivity index (χ0) is 22.3. The van der Waals surface area contributed by atoms with Crippen molar-refractivity contribution in [2.24, 2.45) is 0 Å². The van der Waals surface area contributed by atoms with Crippen LogP contribution in [-0.4, -0.2) is 31.6 Å². The average Bonchev–Trinajstić information content (AvgIpc) is 3.42. The third-order valence-electron chi connectivity index (χ3n) is 5.94. The first-order chi connectivity index (χ1) is 14.7. The zero-order valence-electron chi connectivity index (χ0n) is 17.0. The fourth-order valence-corrected chi connectivity index (χ4v) is 4.15. The molecule has 0 unspecified atom stereocenters. The molecule has 3 amide bonds. The first-order valence-corrected chi connectivity index (χ1v) is 10.3. The molecular weight excluding hydrogens is 428 g/mol. The van der Waals surface area contributed by atoms with Crippen LogP contribution in [-0.2, 0) is 10.3 Å². The first kappa shape index (κ1) is 21.4. The molecule has 31 heavy (non-hydrogen) atoms. The summed E-state index contributed by atoms with van der Waals surface area (Å²) in [4.78, 5) is 25.1. The van der Waals surface area contributed by atoms with E-state index < -0.39 is 41.1 Å². The zero-order valence-corrected chi connectivity index (χ0v) is 17.8. The molecule has 2 aliphatic rings. The van der Waals surface area contributed by atoms with Crippen LogP contribution in [0, 0.1) is 18.6 Å². The van der Waals surface area contributed by atoms with Gasteiger partial charge in [0.05, 0.1) is 12.6 Å². The molecule has 2 aromatic rings. The predicted molar refractivity (Wildman–Crippen MR) is 111 cm³/mol. The molecule has 0 spiro atoms. The van der Waals surface area contributed by atoms with E-state index in [4.69, 9.17) is 16.3 Å². The highest BCUT2D eigenvalue weighted by Gasteiger charge is 2.47. The fourth-order valence-electron chi connectivity index (χ4n) is 4.04. The molecular formula is C22H22ClF2N3O3. The number of carbonyl (C=O) groups is 2. The summed E-state index contributed by atoms with van der Waals surface area (Å²) in [5.74, 6) is -3.02.